The molecule has 5 rings (SSSR count). The summed E-state index contributed by atoms with van der Waals surface area (Å²) in [7, 11) is 0. The average molecular weight is 554 g/mol. The third-order valence-electron chi connectivity index (χ3n) is 6.94. The fourth-order valence-corrected chi connectivity index (χ4v) is 6.13. The van der Waals surface area contributed by atoms with Crippen molar-refractivity contribution < 1.29 is 9.59 Å². The van der Waals surface area contributed by atoms with Crippen molar-refractivity contribution in [2.75, 3.05) is 17.2 Å². The number of thioether (sulfide) groups is 1. The van der Waals surface area contributed by atoms with Crippen molar-refractivity contribution in [1.82, 2.24) is 20.1 Å². The molecule has 1 aliphatic heterocycles. The minimum absolute atomic E-state index is 0.103. The van der Waals surface area contributed by atoms with Crippen molar-refractivity contribution in [2.45, 2.75) is 51.8 Å². The smallest absolute Gasteiger partial charge is 0.240 e. The highest BCUT2D eigenvalue weighted by Gasteiger charge is 2.39. The fourth-order valence-electron chi connectivity index (χ4n) is 4.94. The summed E-state index contributed by atoms with van der Waals surface area (Å²) in [6.07, 6.45) is 3.42. The Labute approximate surface area is 240 Å². The van der Waals surface area contributed by atoms with Crippen molar-refractivity contribution >= 4 is 29.4 Å². The van der Waals surface area contributed by atoms with E-state index in [9.17, 15) is 9.59 Å². The number of nitrogens with one attached hydrogen (secondary N) is 1. The first-order valence-corrected chi connectivity index (χ1v) is 14.5. The standard InChI is InChI=1S/C32H35N5O2S/c1-21-11-13-25(14-12-21)37-31-28(30(35-37)32(3,4)5)29(24-10-6-8-22(2)16-24)40-20-27(39)36(31)19-26(38)34-18-23-9-7-15-33-17-23/h6-17,29H,18-20H2,1-5H3,(H,34,38)/t29-/m1/s1. The number of carbonyl (C=O) groups is 2. The average Bonchev–Trinajstić information content (AvgIpc) is 3.26. The predicted molar refractivity (Wildman–Crippen MR) is 161 cm³/mol. The lowest BCUT2D eigenvalue weighted by Gasteiger charge is -2.24. The number of aryl methyl sites for hydroxylation is 2. The van der Waals surface area contributed by atoms with E-state index in [-0.39, 0.29) is 34.8 Å². The Hall–Kier alpha value is -3.91. The Morgan fingerprint density at radius 3 is 2.50 bits per heavy atom. The Kier molecular flexibility index (Phi) is 7.81. The number of rotatable bonds is 6. The maximum atomic E-state index is 13.8. The molecular formula is C32H35N5O2S. The van der Waals surface area contributed by atoms with E-state index in [0.717, 1.165) is 39.2 Å². The molecule has 1 aliphatic rings. The first kappa shape index (κ1) is 27.6. The second-order valence-electron chi connectivity index (χ2n) is 11.3. The van der Waals surface area contributed by atoms with Crippen LogP contribution in [0.2, 0.25) is 0 Å². The van der Waals surface area contributed by atoms with Gasteiger partial charge < -0.3 is 5.32 Å². The quantitative estimate of drug-likeness (QED) is 0.333. The molecular weight excluding hydrogens is 518 g/mol. The first-order chi connectivity index (χ1) is 19.1. The summed E-state index contributed by atoms with van der Waals surface area (Å²) in [6.45, 7) is 10.8. The number of nitrogens with zero attached hydrogens (tertiary/aromatic N) is 4. The third kappa shape index (κ3) is 5.82. The number of amides is 2. The van der Waals surface area contributed by atoms with Crippen LogP contribution in [0.3, 0.4) is 0 Å². The highest BCUT2D eigenvalue weighted by molar-refractivity contribution is 8.00. The van der Waals surface area contributed by atoms with Gasteiger partial charge in [0.2, 0.25) is 11.8 Å². The van der Waals surface area contributed by atoms with Gasteiger partial charge in [0.15, 0.2) is 0 Å². The largest absolute Gasteiger partial charge is 0.350 e. The molecule has 8 heteroatoms. The van der Waals surface area contributed by atoms with E-state index in [1.165, 1.54) is 0 Å². The van der Waals surface area contributed by atoms with Gasteiger partial charge in [-0.15, -0.1) is 11.8 Å². The van der Waals surface area contributed by atoms with Gasteiger partial charge in [0, 0.05) is 29.9 Å². The van der Waals surface area contributed by atoms with Crippen LogP contribution in [-0.2, 0) is 21.5 Å². The van der Waals surface area contributed by atoms with Crippen LogP contribution < -0.4 is 10.2 Å². The Bertz CT molecular complexity index is 1520. The molecule has 0 aliphatic carbocycles. The highest BCUT2D eigenvalue weighted by Crippen LogP contribution is 2.48. The molecule has 0 unspecified atom stereocenters. The minimum atomic E-state index is -0.301. The molecule has 4 aromatic rings. The number of benzene rings is 2. The van der Waals surface area contributed by atoms with Crippen LogP contribution >= 0.6 is 11.8 Å². The zero-order chi connectivity index (χ0) is 28.4. The summed E-state index contributed by atoms with van der Waals surface area (Å²) in [5, 5.41) is 8.01. The summed E-state index contributed by atoms with van der Waals surface area (Å²) in [4.78, 5) is 32.8. The number of hydrogen-bond donors (Lipinski definition) is 1. The molecule has 2 amide bonds. The summed E-state index contributed by atoms with van der Waals surface area (Å²) >= 11 is 1.59. The molecule has 0 saturated carbocycles. The number of anilines is 1. The molecule has 0 bridgehead atoms. The van der Waals surface area contributed by atoms with E-state index >= 15 is 0 Å². The van der Waals surface area contributed by atoms with E-state index in [4.69, 9.17) is 5.10 Å². The van der Waals surface area contributed by atoms with Crippen LogP contribution in [0.5, 0.6) is 0 Å². The van der Waals surface area contributed by atoms with E-state index in [0.29, 0.717) is 12.4 Å². The molecule has 40 heavy (non-hydrogen) atoms. The Morgan fingerprint density at radius 1 is 1.05 bits per heavy atom. The van der Waals surface area contributed by atoms with Gasteiger partial charge in [-0.1, -0.05) is 74.4 Å². The predicted octanol–water partition coefficient (Wildman–Crippen LogP) is 5.67. The lowest BCUT2D eigenvalue weighted by atomic mass is 9.87. The number of aromatic nitrogens is 3. The number of carbonyl (C=O) groups excluding carboxylic acids is 2. The van der Waals surface area contributed by atoms with Gasteiger partial charge >= 0.3 is 0 Å². The first-order valence-electron chi connectivity index (χ1n) is 13.5. The van der Waals surface area contributed by atoms with Crippen LogP contribution in [0.15, 0.2) is 73.1 Å². The lowest BCUT2D eigenvalue weighted by Crippen LogP contribution is -2.42. The summed E-state index contributed by atoms with van der Waals surface area (Å²) < 4.78 is 1.86. The number of pyridine rings is 1. The van der Waals surface area contributed by atoms with Gasteiger partial charge in [-0.2, -0.15) is 5.10 Å². The minimum Gasteiger partial charge on any atom is -0.350 e. The molecule has 1 N–H and O–H groups in total. The maximum Gasteiger partial charge on any atom is 0.240 e. The summed E-state index contributed by atoms with van der Waals surface area (Å²) in [5.41, 5.74) is 6.75. The van der Waals surface area contributed by atoms with Crippen LogP contribution in [-0.4, -0.2) is 38.9 Å². The van der Waals surface area contributed by atoms with E-state index in [1.807, 2.05) is 48.0 Å². The molecule has 0 saturated heterocycles. The van der Waals surface area contributed by atoms with Crippen molar-refractivity contribution in [2.24, 2.45) is 0 Å². The van der Waals surface area contributed by atoms with Crippen molar-refractivity contribution in [3.63, 3.8) is 0 Å². The fraction of sp³-hybridized carbons (Fsp3) is 0.312. The second kappa shape index (κ2) is 11.3. The lowest BCUT2D eigenvalue weighted by molar-refractivity contribution is -0.123. The van der Waals surface area contributed by atoms with Crippen molar-refractivity contribution in [3.05, 3.63) is 107 Å². The van der Waals surface area contributed by atoms with E-state index in [1.54, 1.807) is 29.1 Å². The molecule has 0 radical (unpaired) electrons. The van der Waals surface area contributed by atoms with Gasteiger partial charge in [0.1, 0.15) is 12.4 Å². The van der Waals surface area contributed by atoms with Gasteiger partial charge in [-0.25, -0.2) is 4.68 Å². The zero-order valence-electron chi connectivity index (χ0n) is 23.6. The van der Waals surface area contributed by atoms with Crippen LogP contribution in [0.25, 0.3) is 5.69 Å². The molecule has 0 fully saturated rings. The van der Waals surface area contributed by atoms with Crippen molar-refractivity contribution in [3.8, 4) is 5.69 Å². The molecule has 0 spiro atoms. The van der Waals surface area contributed by atoms with Gasteiger partial charge in [0.25, 0.3) is 0 Å². The molecule has 1 atom stereocenters. The topological polar surface area (TPSA) is 80.1 Å². The molecule has 7 nitrogen and oxygen atoms in total. The molecule has 2 aromatic carbocycles. The summed E-state index contributed by atoms with van der Waals surface area (Å²) in [6, 6.07) is 20.3. The summed E-state index contributed by atoms with van der Waals surface area (Å²) in [5.74, 6) is 0.551. The van der Waals surface area contributed by atoms with Gasteiger partial charge in [-0.05, 0) is 43.2 Å². The van der Waals surface area contributed by atoms with Gasteiger partial charge in [-0.3, -0.25) is 19.5 Å². The third-order valence-corrected chi connectivity index (χ3v) is 8.19. The van der Waals surface area contributed by atoms with Gasteiger partial charge in [0.05, 0.1) is 22.4 Å². The van der Waals surface area contributed by atoms with Crippen LogP contribution in [0.4, 0.5) is 5.82 Å². The zero-order valence-corrected chi connectivity index (χ0v) is 24.5. The Morgan fingerprint density at radius 2 is 1.82 bits per heavy atom. The highest BCUT2D eigenvalue weighted by atomic mass is 32.2. The van der Waals surface area contributed by atoms with Crippen molar-refractivity contribution in [1.29, 1.82) is 0 Å². The Balaban J connectivity index is 1.65. The number of fused-ring (bicyclic) bond motifs is 1. The van der Waals surface area contributed by atoms with Crippen LogP contribution in [0, 0.1) is 13.8 Å². The number of hydrogen-bond acceptors (Lipinski definition) is 5. The van der Waals surface area contributed by atoms with E-state index in [2.05, 4.69) is 62.3 Å². The normalized spacial score (nSPS) is 15.5. The van der Waals surface area contributed by atoms with E-state index < -0.39 is 0 Å². The second-order valence-corrected chi connectivity index (χ2v) is 12.4. The van der Waals surface area contributed by atoms with Crippen LogP contribution in [0.1, 0.15) is 59.5 Å². The monoisotopic (exact) mass is 553 g/mol. The molecule has 2 aromatic heterocycles. The molecule has 3 heterocycles. The SMILES string of the molecule is Cc1ccc(-n2nc(C(C)(C)C)c3c2N(CC(=O)NCc2cccnc2)C(=O)CS[C@@H]3c2cccc(C)c2)cc1. The maximum absolute atomic E-state index is 13.8. The molecule has 206 valence electrons.